The average Bonchev–Trinajstić information content (AvgIpc) is 2.29. The number of hydrogen-bond donors (Lipinski definition) is 1. The summed E-state index contributed by atoms with van der Waals surface area (Å²) in [6.45, 7) is -0.415. The third-order valence-corrected chi connectivity index (χ3v) is 4.34. The van der Waals surface area contributed by atoms with Crippen LogP contribution in [-0.4, -0.2) is 32.2 Å². The van der Waals surface area contributed by atoms with Gasteiger partial charge in [-0.05, 0) is 18.1 Å². The van der Waals surface area contributed by atoms with Gasteiger partial charge in [-0.2, -0.15) is 0 Å². The van der Waals surface area contributed by atoms with Crippen LogP contribution in [0.1, 0.15) is 12.0 Å². The summed E-state index contributed by atoms with van der Waals surface area (Å²) in [5, 5.41) is 0. The van der Waals surface area contributed by atoms with Crippen molar-refractivity contribution in [1.29, 1.82) is 0 Å². The van der Waals surface area contributed by atoms with Crippen LogP contribution in [0.2, 0.25) is 0 Å². The Bertz CT molecular complexity index is 462. The van der Waals surface area contributed by atoms with Gasteiger partial charge in [0.05, 0.1) is 12.4 Å². The summed E-state index contributed by atoms with van der Waals surface area (Å²) in [4.78, 5) is 0. The van der Waals surface area contributed by atoms with Gasteiger partial charge < -0.3 is 5.73 Å². The van der Waals surface area contributed by atoms with Gasteiger partial charge in [0, 0.05) is 19.3 Å². The highest BCUT2D eigenvalue weighted by molar-refractivity contribution is 7.89. The maximum absolute atomic E-state index is 12.0. The Morgan fingerprint density at radius 3 is 2.59 bits per heavy atom. The van der Waals surface area contributed by atoms with Gasteiger partial charge in [0.1, 0.15) is 0 Å². The van der Waals surface area contributed by atoms with Gasteiger partial charge in [-0.3, -0.25) is 4.39 Å². The van der Waals surface area contributed by atoms with Crippen LogP contribution in [0.15, 0.2) is 24.3 Å². The van der Waals surface area contributed by atoms with Gasteiger partial charge in [0.25, 0.3) is 0 Å². The van der Waals surface area contributed by atoms with Crippen LogP contribution < -0.4 is 5.73 Å². The topological polar surface area (TPSA) is 63.4 Å². The Labute approximate surface area is 101 Å². The van der Waals surface area contributed by atoms with Crippen LogP contribution in [0.5, 0.6) is 0 Å². The lowest BCUT2D eigenvalue weighted by atomic mass is 10.2. The fourth-order valence-electron chi connectivity index (χ4n) is 1.41. The van der Waals surface area contributed by atoms with E-state index in [0.29, 0.717) is 5.69 Å². The van der Waals surface area contributed by atoms with Crippen molar-refractivity contribution in [3.05, 3.63) is 29.8 Å². The lowest BCUT2D eigenvalue weighted by molar-refractivity contribution is 0.451. The second-order valence-electron chi connectivity index (χ2n) is 3.81. The van der Waals surface area contributed by atoms with Gasteiger partial charge in [-0.15, -0.1) is 0 Å². The Kier molecular flexibility index (Phi) is 4.89. The first kappa shape index (κ1) is 13.9. The molecule has 2 N–H and O–H groups in total. The standard InChI is InChI=1S/C11H17FN2O2S/c1-14(17(15,16)8-4-7-12)9-10-5-2-3-6-11(10)13/h2-3,5-6H,4,7-9,13H2,1H3. The fraction of sp³-hybridized carbons (Fsp3) is 0.455. The molecule has 1 rings (SSSR count). The number of nitrogen functional groups attached to an aromatic ring is 1. The lowest BCUT2D eigenvalue weighted by Crippen LogP contribution is -2.29. The fourth-order valence-corrected chi connectivity index (χ4v) is 2.53. The van der Waals surface area contributed by atoms with E-state index in [-0.39, 0.29) is 18.7 Å². The molecule has 0 atom stereocenters. The Morgan fingerprint density at radius 2 is 2.00 bits per heavy atom. The van der Waals surface area contributed by atoms with Gasteiger partial charge in [-0.25, -0.2) is 12.7 Å². The molecule has 6 heteroatoms. The number of nitrogens with zero attached hydrogens (tertiary/aromatic N) is 1. The van der Waals surface area contributed by atoms with Gasteiger partial charge in [0.2, 0.25) is 10.0 Å². The lowest BCUT2D eigenvalue weighted by Gasteiger charge is -2.17. The van der Waals surface area contributed by atoms with E-state index in [0.717, 1.165) is 5.56 Å². The number of anilines is 1. The molecule has 0 aliphatic heterocycles. The number of nitrogens with two attached hydrogens (primary N) is 1. The predicted molar refractivity (Wildman–Crippen MR) is 66.7 cm³/mol. The maximum atomic E-state index is 12.0. The molecule has 4 nitrogen and oxygen atoms in total. The molecule has 0 saturated heterocycles. The van der Waals surface area contributed by atoms with Crippen molar-refractivity contribution in [1.82, 2.24) is 4.31 Å². The molecule has 0 heterocycles. The summed E-state index contributed by atoms with van der Waals surface area (Å²) in [5.41, 5.74) is 7.04. The molecule has 0 radical (unpaired) electrons. The summed E-state index contributed by atoms with van der Waals surface area (Å²) < 4.78 is 36.6. The highest BCUT2D eigenvalue weighted by Crippen LogP contribution is 2.14. The highest BCUT2D eigenvalue weighted by Gasteiger charge is 2.18. The first-order valence-corrected chi connectivity index (χ1v) is 6.91. The molecule has 0 unspecified atom stereocenters. The van der Waals surface area contributed by atoms with Crippen molar-refractivity contribution in [3.63, 3.8) is 0 Å². The van der Waals surface area contributed by atoms with Crippen molar-refractivity contribution in [2.24, 2.45) is 0 Å². The first-order chi connectivity index (χ1) is 7.97. The van der Waals surface area contributed by atoms with E-state index in [9.17, 15) is 12.8 Å². The Morgan fingerprint density at radius 1 is 1.35 bits per heavy atom. The zero-order chi connectivity index (χ0) is 12.9. The van der Waals surface area contributed by atoms with E-state index < -0.39 is 16.7 Å². The second-order valence-corrected chi connectivity index (χ2v) is 6.01. The van der Waals surface area contributed by atoms with Gasteiger partial charge in [-0.1, -0.05) is 18.2 Å². The number of benzene rings is 1. The number of halogens is 1. The summed E-state index contributed by atoms with van der Waals surface area (Å²) in [5.74, 6) is -0.174. The summed E-state index contributed by atoms with van der Waals surface area (Å²) >= 11 is 0. The third-order valence-electron chi connectivity index (χ3n) is 2.46. The summed E-state index contributed by atoms with van der Waals surface area (Å²) in [7, 11) is -1.93. The Balaban J connectivity index is 2.72. The number of rotatable bonds is 6. The zero-order valence-electron chi connectivity index (χ0n) is 9.77. The molecule has 0 bridgehead atoms. The van der Waals surface area contributed by atoms with E-state index in [1.807, 2.05) is 0 Å². The summed E-state index contributed by atoms with van der Waals surface area (Å²) in [6, 6.07) is 7.08. The second kappa shape index (κ2) is 5.97. The van der Waals surface area contributed by atoms with Crippen LogP contribution in [0.4, 0.5) is 10.1 Å². The van der Waals surface area contributed by atoms with E-state index >= 15 is 0 Å². The van der Waals surface area contributed by atoms with E-state index in [1.165, 1.54) is 11.4 Å². The minimum Gasteiger partial charge on any atom is -0.398 e. The maximum Gasteiger partial charge on any atom is 0.214 e. The van der Waals surface area contributed by atoms with Crippen LogP contribution in [0, 0.1) is 0 Å². The molecule has 17 heavy (non-hydrogen) atoms. The average molecular weight is 260 g/mol. The molecule has 0 aliphatic carbocycles. The van der Waals surface area contributed by atoms with E-state index in [4.69, 9.17) is 5.73 Å². The largest absolute Gasteiger partial charge is 0.398 e. The zero-order valence-corrected chi connectivity index (χ0v) is 10.6. The van der Waals surface area contributed by atoms with Crippen molar-refractivity contribution < 1.29 is 12.8 Å². The minimum atomic E-state index is -3.40. The Hall–Kier alpha value is -1.14. The van der Waals surface area contributed by atoms with Crippen LogP contribution in [-0.2, 0) is 16.6 Å². The van der Waals surface area contributed by atoms with Crippen molar-refractivity contribution >= 4 is 15.7 Å². The molecule has 1 aromatic carbocycles. The quantitative estimate of drug-likeness (QED) is 0.786. The van der Waals surface area contributed by atoms with E-state index in [1.54, 1.807) is 24.3 Å². The molecular formula is C11H17FN2O2S. The van der Waals surface area contributed by atoms with Crippen molar-refractivity contribution in [3.8, 4) is 0 Å². The predicted octanol–water partition coefficient (Wildman–Crippen LogP) is 1.39. The molecular weight excluding hydrogens is 243 g/mol. The normalized spacial score (nSPS) is 11.9. The molecule has 0 aliphatic rings. The molecule has 0 amide bonds. The van der Waals surface area contributed by atoms with Crippen LogP contribution in [0.25, 0.3) is 0 Å². The number of para-hydroxylation sites is 1. The molecule has 96 valence electrons. The van der Waals surface area contributed by atoms with E-state index in [2.05, 4.69) is 0 Å². The molecule has 0 fully saturated rings. The van der Waals surface area contributed by atoms with Crippen LogP contribution in [0.3, 0.4) is 0 Å². The molecule has 0 saturated carbocycles. The number of hydrogen-bond acceptors (Lipinski definition) is 3. The highest BCUT2D eigenvalue weighted by atomic mass is 32.2. The van der Waals surface area contributed by atoms with Crippen molar-refractivity contribution in [2.45, 2.75) is 13.0 Å². The number of alkyl halides is 1. The smallest absolute Gasteiger partial charge is 0.214 e. The summed E-state index contributed by atoms with van der Waals surface area (Å²) in [6.07, 6.45) is 0.0247. The molecule has 0 spiro atoms. The minimum absolute atomic E-state index is 0.0247. The number of sulfonamides is 1. The third kappa shape index (κ3) is 3.98. The van der Waals surface area contributed by atoms with Gasteiger partial charge in [0.15, 0.2) is 0 Å². The monoisotopic (exact) mass is 260 g/mol. The van der Waals surface area contributed by atoms with Crippen LogP contribution >= 0.6 is 0 Å². The van der Waals surface area contributed by atoms with Crippen molar-refractivity contribution in [2.75, 3.05) is 25.2 Å². The molecule has 0 aromatic heterocycles. The first-order valence-electron chi connectivity index (χ1n) is 5.30. The van der Waals surface area contributed by atoms with Gasteiger partial charge >= 0.3 is 0 Å². The molecule has 1 aromatic rings. The SMILES string of the molecule is CN(Cc1ccccc1N)S(=O)(=O)CCCF.